The lowest BCUT2D eigenvalue weighted by Crippen LogP contribution is -2.01. The maximum absolute atomic E-state index is 3.90. The molecule has 0 heterocycles. The molecule has 0 radical (unpaired) electrons. The number of alkyl halides is 1. The molecule has 0 amide bonds. The van der Waals surface area contributed by atoms with Gasteiger partial charge in [-0.1, -0.05) is 81.6 Å². The third-order valence-corrected chi connectivity index (χ3v) is 5.41. The number of hydrogen-bond acceptors (Lipinski definition) is 0. The zero-order valence-electron chi connectivity index (χ0n) is 12.2. The first-order valence-corrected chi connectivity index (χ1v) is 8.79. The molecule has 0 aliphatic rings. The quantitative estimate of drug-likeness (QED) is 0.527. The van der Waals surface area contributed by atoms with E-state index in [4.69, 9.17) is 0 Å². The van der Waals surface area contributed by atoms with Gasteiger partial charge in [-0.15, -0.1) is 0 Å². The molecule has 0 bridgehead atoms. The molecular formula is C18H20Br2. The van der Waals surface area contributed by atoms with Crippen molar-refractivity contribution >= 4 is 31.9 Å². The molecule has 0 nitrogen and oxygen atoms in total. The van der Waals surface area contributed by atoms with Crippen LogP contribution in [-0.4, -0.2) is 0 Å². The van der Waals surface area contributed by atoms with Gasteiger partial charge >= 0.3 is 0 Å². The standard InChI is InChI=1S/C18H20Br2/c1-4-13-7-8-14(5-2)15(11-13)18(20)16-10-12(3)6-9-17(16)19/h6-11,18H,4-5H2,1-3H3. The van der Waals surface area contributed by atoms with E-state index in [1.807, 2.05) is 0 Å². The second-order valence-electron chi connectivity index (χ2n) is 5.13. The smallest absolute Gasteiger partial charge is 0.0658 e. The second kappa shape index (κ2) is 6.91. The highest BCUT2D eigenvalue weighted by Crippen LogP contribution is 2.38. The van der Waals surface area contributed by atoms with Crippen molar-refractivity contribution in [3.05, 3.63) is 68.7 Å². The molecule has 20 heavy (non-hydrogen) atoms. The van der Waals surface area contributed by atoms with E-state index in [0.29, 0.717) is 0 Å². The van der Waals surface area contributed by atoms with Gasteiger partial charge in [-0.3, -0.25) is 0 Å². The monoisotopic (exact) mass is 394 g/mol. The molecule has 0 N–H and O–H groups in total. The van der Waals surface area contributed by atoms with Gasteiger partial charge in [-0.05, 0) is 48.1 Å². The van der Waals surface area contributed by atoms with E-state index >= 15 is 0 Å². The third kappa shape index (κ3) is 3.35. The van der Waals surface area contributed by atoms with Crippen LogP contribution in [0.1, 0.15) is 46.5 Å². The van der Waals surface area contributed by atoms with Crippen LogP contribution in [0.15, 0.2) is 40.9 Å². The summed E-state index contributed by atoms with van der Waals surface area (Å²) in [5.74, 6) is 0. The molecule has 2 aromatic carbocycles. The van der Waals surface area contributed by atoms with Crippen LogP contribution in [0.4, 0.5) is 0 Å². The Morgan fingerprint density at radius 1 is 0.950 bits per heavy atom. The summed E-state index contributed by atoms with van der Waals surface area (Å²) in [6.45, 7) is 6.56. The summed E-state index contributed by atoms with van der Waals surface area (Å²) in [6, 6.07) is 13.4. The Balaban J connectivity index is 2.51. The highest BCUT2D eigenvalue weighted by Gasteiger charge is 2.17. The Bertz CT molecular complexity index is 602. The van der Waals surface area contributed by atoms with Crippen molar-refractivity contribution in [2.45, 2.75) is 38.4 Å². The fraction of sp³-hybridized carbons (Fsp3) is 0.333. The molecule has 2 aromatic rings. The zero-order valence-corrected chi connectivity index (χ0v) is 15.4. The van der Waals surface area contributed by atoms with Gasteiger partial charge in [0.1, 0.15) is 0 Å². The molecule has 2 heteroatoms. The molecule has 1 atom stereocenters. The van der Waals surface area contributed by atoms with Crippen molar-refractivity contribution in [3.63, 3.8) is 0 Å². The summed E-state index contributed by atoms with van der Waals surface area (Å²) >= 11 is 7.58. The molecule has 0 saturated heterocycles. The van der Waals surface area contributed by atoms with Crippen LogP contribution in [0.25, 0.3) is 0 Å². The van der Waals surface area contributed by atoms with Gasteiger partial charge in [0.2, 0.25) is 0 Å². The lowest BCUT2D eigenvalue weighted by Gasteiger charge is -2.18. The Hall–Kier alpha value is -0.600. The number of hydrogen-bond donors (Lipinski definition) is 0. The summed E-state index contributed by atoms with van der Waals surface area (Å²) in [5.41, 5.74) is 6.78. The number of aryl methyl sites for hydroxylation is 3. The Kier molecular flexibility index (Phi) is 5.45. The molecule has 0 aliphatic heterocycles. The van der Waals surface area contributed by atoms with Crippen molar-refractivity contribution < 1.29 is 0 Å². The Labute approximate surface area is 138 Å². The predicted octanol–water partition coefficient (Wildman–Crippen LogP) is 6.37. The van der Waals surface area contributed by atoms with E-state index in [-0.39, 0.29) is 4.83 Å². The van der Waals surface area contributed by atoms with E-state index < -0.39 is 0 Å². The van der Waals surface area contributed by atoms with Crippen LogP contribution in [0.3, 0.4) is 0 Å². The van der Waals surface area contributed by atoms with Crippen LogP contribution in [0.5, 0.6) is 0 Å². The summed E-state index contributed by atoms with van der Waals surface area (Å²) in [4.78, 5) is 0.234. The molecule has 0 saturated carbocycles. The maximum atomic E-state index is 3.90. The largest absolute Gasteiger partial charge is 0.0786 e. The molecule has 0 aliphatic carbocycles. The normalized spacial score (nSPS) is 12.4. The minimum atomic E-state index is 0.234. The predicted molar refractivity (Wildman–Crippen MR) is 94.8 cm³/mol. The number of benzene rings is 2. The van der Waals surface area contributed by atoms with Gasteiger partial charge in [-0.2, -0.15) is 0 Å². The van der Waals surface area contributed by atoms with E-state index in [2.05, 4.69) is 89.0 Å². The van der Waals surface area contributed by atoms with Crippen LogP contribution in [0, 0.1) is 6.92 Å². The molecule has 2 rings (SSSR count). The first-order chi connectivity index (χ1) is 9.56. The number of halogens is 2. The van der Waals surface area contributed by atoms with Crippen LogP contribution < -0.4 is 0 Å². The molecule has 1 unspecified atom stereocenters. The SMILES string of the molecule is CCc1ccc(CC)c(C(Br)c2cc(C)ccc2Br)c1. The minimum Gasteiger partial charge on any atom is -0.0786 e. The Morgan fingerprint density at radius 2 is 1.70 bits per heavy atom. The van der Waals surface area contributed by atoms with Crippen molar-refractivity contribution in [1.29, 1.82) is 0 Å². The van der Waals surface area contributed by atoms with Gasteiger partial charge in [0, 0.05) is 4.47 Å². The first kappa shape index (κ1) is 15.8. The van der Waals surface area contributed by atoms with Crippen molar-refractivity contribution in [3.8, 4) is 0 Å². The van der Waals surface area contributed by atoms with Gasteiger partial charge in [-0.25, -0.2) is 0 Å². The van der Waals surface area contributed by atoms with Crippen molar-refractivity contribution in [2.75, 3.05) is 0 Å². The first-order valence-electron chi connectivity index (χ1n) is 7.08. The van der Waals surface area contributed by atoms with Crippen LogP contribution in [0.2, 0.25) is 0 Å². The molecule has 106 valence electrons. The van der Waals surface area contributed by atoms with Crippen LogP contribution in [-0.2, 0) is 12.8 Å². The molecule has 0 spiro atoms. The molecule has 0 aromatic heterocycles. The summed E-state index contributed by atoms with van der Waals surface area (Å²) < 4.78 is 1.16. The van der Waals surface area contributed by atoms with Gasteiger partial charge in [0.05, 0.1) is 4.83 Å². The highest BCUT2D eigenvalue weighted by molar-refractivity contribution is 9.11. The topological polar surface area (TPSA) is 0 Å². The van der Waals surface area contributed by atoms with Gasteiger partial charge < -0.3 is 0 Å². The number of rotatable bonds is 4. The van der Waals surface area contributed by atoms with E-state index in [1.54, 1.807) is 0 Å². The van der Waals surface area contributed by atoms with Crippen molar-refractivity contribution in [1.82, 2.24) is 0 Å². The Morgan fingerprint density at radius 3 is 2.35 bits per heavy atom. The third-order valence-electron chi connectivity index (χ3n) is 3.70. The lowest BCUT2D eigenvalue weighted by molar-refractivity contribution is 1.03. The average Bonchev–Trinajstić information content (AvgIpc) is 2.48. The zero-order chi connectivity index (χ0) is 14.7. The van der Waals surface area contributed by atoms with Crippen LogP contribution >= 0.6 is 31.9 Å². The van der Waals surface area contributed by atoms with Gasteiger partial charge in [0.15, 0.2) is 0 Å². The fourth-order valence-corrected chi connectivity index (χ4v) is 4.03. The molecular weight excluding hydrogens is 376 g/mol. The fourth-order valence-electron chi connectivity index (χ4n) is 2.45. The summed E-state index contributed by atoms with van der Waals surface area (Å²) in [5, 5.41) is 0. The molecule has 0 fully saturated rings. The second-order valence-corrected chi connectivity index (χ2v) is 6.90. The van der Waals surface area contributed by atoms with E-state index in [0.717, 1.165) is 17.3 Å². The minimum absolute atomic E-state index is 0.234. The average molecular weight is 396 g/mol. The highest BCUT2D eigenvalue weighted by atomic mass is 79.9. The van der Waals surface area contributed by atoms with E-state index in [9.17, 15) is 0 Å². The summed E-state index contributed by atoms with van der Waals surface area (Å²) in [6.07, 6.45) is 2.14. The maximum Gasteiger partial charge on any atom is 0.0658 e. The summed E-state index contributed by atoms with van der Waals surface area (Å²) in [7, 11) is 0. The van der Waals surface area contributed by atoms with Crippen molar-refractivity contribution in [2.24, 2.45) is 0 Å². The van der Waals surface area contributed by atoms with Gasteiger partial charge in [0.25, 0.3) is 0 Å². The van der Waals surface area contributed by atoms with E-state index in [1.165, 1.54) is 27.8 Å². The lowest BCUT2D eigenvalue weighted by atomic mass is 9.95.